The first-order valence-electron chi connectivity index (χ1n) is 8.88. The van der Waals surface area contributed by atoms with Crippen LogP contribution in [0.2, 0.25) is 5.02 Å². The fraction of sp³-hybridized carbons (Fsp3) is 0.143. The van der Waals surface area contributed by atoms with Gasteiger partial charge in [0.2, 0.25) is 11.8 Å². The molecule has 6 nitrogen and oxygen atoms in total. The molecule has 1 aliphatic heterocycles. The third-order valence-corrected chi connectivity index (χ3v) is 6.36. The number of ether oxygens (including phenoxy) is 2. The summed E-state index contributed by atoms with van der Waals surface area (Å²) in [5.41, 5.74) is 9.63. The number of aryl methyl sites for hydroxylation is 1. The molecule has 0 aliphatic carbocycles. The number of H-pyrrole nitrogens is 1. The number of aromatic amines is 1. The molecule has 1 aromatic heterocycles. The summed E-state index contributed by atoms with van der Waals surface area (Å²) in [5, 5.41) is 17.4. The fourth-order valence-corrected chi connectivity index (χ4v) is 5.02. The first kappa shape index (κ1) is 20.8. The van der Waals surface area contributed by atoms with Crippen LogP contribution in [0.25, 0.3) is 0 Å². The molecule has 0 radical (unpaired) electrons. The summed E-state index contributed by atoms with van der Waals surface area (Å²) >= 11 is 13.4. The Bertz CT molecular complexity index is 1190. The largest absolute Gasteiger partial charge is 0.486 e. The van der Waals surface area contributed by atoms with E-state index in [0.717, 1.165) is 31.3 Å². The van der Waals surface area contributed by atoms with Gasteiger partial charge >= 0.3 is 0 Å². The zero-order chi connectivity index (χ0) is 21.4. The highest BCUT2D eigenvalue weighted by Gasteiger charge is 2.34. The van der Waals surface area contributed by atoms with Gasteiger partial charge in [0.1, 0.15) is 24.0 Å². The van der Waals surface area contributed by atoms with E-state index in [2.05, 4.69) is 48.1 Å². The summed E-state index contributed by atoms with van der Waals surface area (Å²) in [7, 11) is 0. The smallest absolute Gasteiger partial charge is 0.244 e. The second kappa shape index (κ2) is 8.34. The number of allylic oxidation sites excluding steroid dienone is 1. The molecule has 0 fully saturated rings. The van der Waals surface area contributed by atoms with Crippen LogP contribution < -0.4 is 15.2 Å². The molecule has 0 spiro atoms. The zero-order valence-electron chi connectivity index (χ0n) is 15.7. The van der Waals surface area contributed by atoms with Gasteiger partial charge in [-0.15, -0.1) is 5.10 Å². The lowest BCUT2D eigenvalue weighted by atomic mass is 9.84. The monoisotopic (exact) mass is 548 g/mol. The number of nitrogens with two attached hydrogens (primary N) is 1. The number of nitrogens with zero attached hydrogens (tertiary/aromatic N) is 2. The van der Waals surface area contributed by atoms with Crippen LogP contribution in [-0.2, 0) is 6.61 Å². The van der Waals surface area contributed by atoms with E-state index < -0.39 is 5.92 Å². The maximum absolute atomic E-state index is 9.72. The molecule has 0 saturated heterocycles. The van der Waals surface area contributed by atoms with Gasteiger partial charge < -0.3 is 15.2 Å². The van der Waals surface area contributed by atoms with E-state index in [9.17, 15) is 5.26 Å². The number of benzene rings is 2. The van der Waals surface area contributed by atoms with Crippen LogP contribution >= 0.6 is 43.5 Å². The van der Waals surface area contributed by atoms with Gasteiger partial charge in [-0.3, -0.25) is 5.10 Å². The van der Waals surface area contributed by atoms with Gasteiger partial charge in [-0.05, 0) is 62.5 Å². The molecule has 4 rings (SSSR count). The van der Waals surface area contributed by atoms with Crippen molar-refractivity contribution in [1.82, 2.24) is 10.2 Å². The molecule has 1 atom stereocenters. The standard InChI is InChI=1S/C21H15Br2ClN4O2/c1-10-17-18(13(8-25)20(26)30-21(17)28-27-10)12-6-14(22)19(15(23)7-12)29-9-11-4-2-3-5-16(11)24/h2-7,18H,9,26H2,1H3,(H,27,28). The lowest BCUT2D eigenvalue weighted by Gasteiger charge is -2.24. The van der Waals surface area contributed by atoms with Crippen molar-refractivity contribution in [3.05, 3.63) is 84.2 Å². The van der Waals surface area contributed by atoms with Crippen LogP contribution in [0.5, 0.6) is 11.6 Å². The van der Waals surface area contributed by atoms with Crippen molar-refractivity contribution in [2.24, 2.45) is 5.73 Å². The number of fused-ring (bicyclic) bond motifs is 1. The van der Waals surface area contributed by atoms with Crippen molar-refractivity contribution < 1.29 is 9.47 Å². The minimum absolute atomic E-state index is 0.0489. The van der Waals surface area contributed by atoms with E-state index in [-0.39, 0.29) is 5.88 Å². The predicted molar refractivity (Wildman–Crippen MR) is 120 cm³/mol. The van der Waals surface area contributed by atoms with E-state index in [4.69, 9.17) is 26.8 Å². The number of aromatic nitrogens is 2. The van der Waals surface area contributed by atoms with Crippen molar-refractivity contribution in [3.8, 4) is 17.7 Å². The van der Waals surface area contributed by atoms with Gasteiger partial charge in [0.05, 0.1) is 14.9 Å². The van der Waals surface area contributed by atoms with Gasteiger partial charge in [-0.1, -0.05) is 29.8 Å². The van der Waals surface area contributed by atoms with Crippen molar-refractivity contribution in [2.45, 2.75) is 19.4 Å². The molecule has 152 valence electrons. The highest BCUT2D eigenvalue weighted by atomic mass is 79.9. The molecular formula is C21H15Br2ClN4O2. The second-order valence-corrected chi connectivity index (χ2v) is 8.80. The Morgan fingerprint density at radius 3 is 2.67 bits per heavy atom. The van der Waals surface area contributed by atoms with Crippen LogP contribution in [-0.4, -0.2) is 10.2 Å². The summed E-state index contributed by atoms with van der Waals surface area (Å²) in [6.45, 7) is 2.19. The Morgan fingerprint density at radius 1 is 1.30 bits per heavy atom. The van der Waals surface area contributed by atoms with Gasteiger partial charge in [-0.25, -0.2) is 0 Å². The Kier molecular flexibility index (Phi) is 5.78. The highest BCUT2D eigenvalue weighted by Crippen LogP contribution is 2.46. The summed E-state index contributed by atoms with van der Waals surface area (Å²) in [5.74, 6) is 0.640. The summed E-state index contributed by atoms with van der Waals surface area (Å²) in [4.78, 5) is 0. The van der Waals surface area contributed by atoms with E-state index in [1.165, 1.54) is 0 Å². The van der Waals surface area contributed by atoms with Crippen molar-refractivity contribution in [1.29, 1.82) is 5.26 Å². The quantitative estimate of drug-likeness (QED) is 0.435. The normalized spacial score (nSPS) is 15.4. The van der Waals surface area contributed by atoms with Crippen LogP contribution in [0.15, 0.2) is 56.8 Å². The molecule has 3 aromatic rings. The highest BCUT2D eigenvalue weighted by molar-refractivity contribution is 9.11. The third kappa shape index (κ3) is 3.69. The molecule has 0 amide bonds. The number of nitriles is 1. The SMILES string of the molecule is Cc1[nH]nc2c1C(c1cc(Br)c(OCc3ccccc3Cl)c(Br)c1)C(C#N)=C(N)O2. The lowest BCUT2D eigenvalue weighted by molar-refractivity contribution is 0.302. The van der Waals surface area contributed by atoms with Gasteiger partial charge in [0.15, 0.2) is 0 Å². The lowest BCUT2D eigenvalue weighted by Crippen LogP contribution is -2.21. The van der Waals surface area contributed by atoms with Crippen molar-refractivity contribution >= 4 is 43.5 Å². The molecule has 2 aromatic carbocycles. The van der Waals surface area contributed by atoms with Gasteiger partial charge in [0, 0.05) is 21.8 Å². The Hall–Kier alpha value is -2.47. The molecule has 0 saturated carbocycles. The number of hydrogen-bond acceptors (Lipinski definition) is 5. The summed E-state index contributed by atoms with van der Waals surface area (Å²) in [6.07, 6.45) is 0. The van der Waals surface area contributed by atoms with Crippen LogP contribution in [0.4, 0.5) is 0 Å². The van der Waals surface area contributed by atoms with Crippen LogP contribution in [0, 0.1) is 18.3 Å². The van der Waals surface area contributed by atoms with E-state index in [0.29, 0.717) is 28.8 Å². The summed E-state index contributed by atoms with van der Waals surface area (Å²) < 4.78 is 13.0. The van der Waals surface area contributed by atoms with E-state index >= 15 is 0 Å². The minimum atomic E-state index is -0.414. The zero-order valence-corrected chi connectivity index (χ0v) is 19.6. The first-order chi connectivity index (χ1) is 14.4. The van der Waals surface area contributed by atoms with Crippen molar-refractivity contribution in [2.75, 3.05) is 0 Å². The Labute approximate surface area is 194 Å². The summed E-state index contributed by atoms with van der Waals surface area (Å²) in [6, 6.07) is 13.5. The molecule has 9 heteroatoms. The van der Waals surface area contributed by atoms with Crippen LogP contribution in [0.1, 0.15) is 28.3 Å². The first-order valence-corrected chi connectivity index (χ1v) is 10.8. The second-order valence-electron chi connectivity index (χ2n) is 6.69. The average molecular weight is 551 g/mol. The third-order valence-electron chi connectivity index (χ3n) is 4.81. The average Bonchev–Trinajstić information content (AvgIpc) is 3.07. The molecule has 1 unspecified atom stereocenters. The number of halogens is 3. The number of nitrogens with one attached hydrogen (secondary N) is 1. The Balaban J connectivity index is 1.72. The topological polar surface area (TPSA) is 97.0 Å². The maximum atomic E-state index is 9.72. The maximum Gasteiger partial charge on any atom is 0.244 e. The number of rotatable bonds is 4. The number of hydrogen-bond donors (Lipinski definition) is 2. The van der Waals surface area contributed by atoms with Crippen LogP contribution in [0.3, 0.4) is 0 Å². The molecule has 1 aliphatic rings. The molecule has 30 heavy (non-hydrogen) atoms. The molecule has 0 bridgehead atoms. The fourth-order valence-electron chi connectivity index (χ4n) is 3.38. The van der Waals surface area contributed by atoms with E-state index in [1.54, 1.807) is 0 Å². The van der Waals surface area contributed by atoms with Gasteiger partial charge in [-0.2, -0.15) is 5.26 Å². The molecule has 3 N–H and O–H groups in total. The van der Waals surface area contributed by atoms with E-state index in [1.807, 2.05) is 43.3 Å². The van der Waals surface area contributed by atoms with Gasteiger partial charge in [0.25, 0.3) is 0 Å². The molecular weight excluding hydrogens is 536 g/mol. The Morgan fingerprint density at radius 2 is 2.00 bits per heavy atom. The van der Waals surface area contributed by atoms with Crippen molar-refractivity contribution in [3.63, 3.8) is 0 Å². The minimum Gasteiger partial charge on any atom is -0.486 e. The molecule has 2 heterocycles. The predicted octanol–water partition coefficient (Wildman–Crippen LogP) is 5.69.